The van der Waals surface area contributed by atoms with Gasteiger partial charge in [-0.05, 0) is 55.3 Å². The molecule has 0 aliphatic rings. The summed E-state index contributed by atoms with van der Waals surface area (Å²) in [6.07, 6.45) is -3.73. The molecule has 8 nitrogen and oxygen atoms in total. The number of primary amides is 1. The Bertz CT molecular complexity index is 1650. The van der Waals surface area contributed by atoms with Crippen molar-refractivity contribution >= 4 is 26.8 Å². The molecule has 4 aromatic rings. The van der Waals surface area contributed by atoms with Gasteiger partial charge in [-0.3, -0.25) is 14.3 Å². The molecule has 38 heavy (non-hydrogen) atoms. The van der Waals surface area contributed by atoms with Crippen LogP contribution in [0.5, 0.6) is 0 Å². The van der Waals surface area contributed by atoms with Crippen LogP contribution in [-0.2, 0) is 16.4 Å². The average molecular weight is 554 g/mol. The van der Waals surface area contributed by atoms with Gasteiger partial charge >= 0.3 is 6.18 Å². The molecule has 0 saturated heterocycles. The molecule has 1 amide bonds. The van der Waals surface area contributed by atoms with Crippen LogP contribution in [0.25, 0.3) is 28.1 Å². The Morgan fingerprint density at radius 3 is 2.42 bits per heavy atom. The molecule has 14 heteroatoms. The number of amides is 1. The van der Waals surface area contributed by atoms with Gasteiger partial charge in [-0.2, -0.15) is 22.3 Å². The summed E-state index contributed by atoms with van der Waals surface area (Å²) in [6.45, 7) is 2.36. The van der Waals surface area contributed by atoms with Gasteiger partial charge < -0.3 is 5.73 Å². The normalized spacial score (nSPS) is 13.1. The molecule has 0 radical (unpaired) electrons. The van der Waals surface area contributed by atoms with Gasteiger partial charge in [0.2, 0.25) is 16.0 Å². The zero-order valence-electron chi connectivity index (χ0n) is 19.8. The van der Waals surface area contributed by atoms with Crippen molar-refractivity contribution in [3.05, 3.63) is 71.6 Å². The summed E-state index contributed by atoms with van der Waals surface area (Å²) in [7, 11) is -4.62. The van der Waals surface area contributed by atoms with Crippen molar-refractivity contribution in [1.29, 1.82) is 0 Å². The van der Waals surface area contributed by atoms with Crippen LogP contribution < -0.4 is 10.5 Å². The summed E-state index contributed by atoms with van der Waals surface area (Å²) >= 11 is 0. The first kappa shape index (κ1) is 27.1. The van der Waals surface area contributed by atoms with Crippen LogP contribution in [0.1, 0.15) is 29.8 Å². The third-order valence-electron chi connectivity index (χ3n) is 5.80. The predicted molar refractivity (Wildman–Crippen MR) is 128 cm³/mol. The highest BCUT2D eigenvalue weighted by Gasteiger charge is 2.39. The molecule has 0 spiro atoms. The van der Waals surface area contributed by atoms with E-state index >= 15 is 0 Å². The lowest BCUT2D eigenvalue weighted by atomic mass is 10.0. The lowest BCUT2D eigenvalue weighted by Gasteiger charge is -2.17. The number of aryl methyl sites for hydroxylation is 1. The fraction of sp³-hybridized carbons (Fsp3) is 0.208. The number of nitrogens with zero attached hydrogens (tertiary/aromatic N) is 3. The van der Waals surface area contributed by atoms with Gasteiger partial charge in [-0.25, -0.2) is 17.8 Å². The minimum atomic E-state index is -4.82. The fourth-order valence-electron chi connectivity index (χ4n) is 3.92. The van der Waals surface area contributed by atoms with Gasteiger partial charge in [0.1, 0.15) is 22.6 Å². The molecular weight excluding hydrogens is 533 g/mol. The van der Waals surface area contributed by atoms with Crippen molar-refractivity contribution in [1.82, 2.24) is 19.3 Å². The predicted octanol–water partition coefficient (Wildman–Crippen LogP) is 4.26. The number of carbonyl (C=O) groups excluding carboxylic acids is 1. The molecule has 0 aliphatic heterocycles. The molecule has 3 N–H and O–H groups in total. The third-order valence-corrected chi connectivity index (χ3v) is 7.33. The Morgan fingerprint density at radius 2 is 1.87 bits per heavy atom. The second-order valence-corrected chi connectivity index (χ2v) is 10.0. The lowest BCUT2D eigenvalue weighted by Crippen LogP contribution is -2.42. The van der Waals surface area contributed by atoms with Crippen LogP contribution in [0.3, 0.4) is 0 Å². The summed E-state index contributed by atoms with van der Waals surface area (Å²) in [4.78, 5) is 19.9. The lowest BCUT2D eigenvalue weighted by molar-refractivity contribution is -0.147. The van der Waals surface area contributed by atoms with E-state index in [0.29, 0.717) is 13.3 Å². The van der Waals surface area contributed by atoms with Gasteiger partial charge in [0.15, 0.2) is 0 Å². The van der Waals surface area contributed by atoms with Crippen molar-refractivity contribution in [2.75, 3.05) is 0 Å². The Balaban J connectivity index is 1.97. The Hall–Kier alpha value is -3.91. The van der Waals surface area contributed by atoms with E-state index in [9.17, 15) is 35.2 Å². The van der Waals surface area contributed by atoms with E-state index in [4.69, 9.17) is 5.73 Å². The van der Waals surface area contributed by atoms with Crippen LogP contribution in [0.15, 0.2) is 53.6 Å². The Labute approximate surface area is 213 Å². The maximum Gasteiger partial charge on any atom is 0.404 e. The zero-order chi connectivity index (χ0) is 28.0. The number of pyridine rings is 2. The number of hydrogen-bond acceptors (Lipinski definition) is 5. The molecule has 3 heterocycles. The highest BCUT2D eigenvalue weighted by atomic mass is 32.2. The minimum Gasteiger partial charge on any atom is -0.366 e. The van der Waals surface area contributed by atoms with E-state index in [2.05, 4.69) is 9.97 Å². The number of nitrogens with one attached hydrogen (secondary N) is 1. The monoisotopic (exact) mass is 553 g/mol. The first-order valence-electron chi connectivity index (χ1n) is 11.1. The van der Waals surface area contributed by atoms with Crippen LogP contribution >= 0.6 is 0 Å². The van der Waals surface area contributed by atoms with E-state index in [1.54, 1.807) is 6.92 Å². The summed E-state index contributed by atoms with van der Waals surface area (Å²) < 4.78 is 95.2. The Kier molecular flexibility index (Phi) is 6.97. The number of halogens is 5. The summed E-state index contributed by atoms with van der Waals surface area (Å²) in [6, 6.07) is 6.19. The van der Waals surface area contributed by atoms with Crippen molar-refractivity contribution in [2.45, 2.75) is 37.4 Å². The first-order valence-corrected chi connectivity index (χ1v) is 12.6. The maximum atomic E-state index is 14.7. The van der Waals surface area contributed by atoms with E-state index in [-0.39, 0.29) is 39.2 Å². The van der Waals surface area contributed by atoms with Gasteiger partial charge in [-0.15, -0.1) is 0 Å². The van der Waals surface area contributed by atoms with Gasteiger partial charge in [0.25, 0.3) is 5.91 Å². The van der Waals surface area contributed by atoms with Gasteiger partial charge in [0.05, 0.1) is 22.5 Å². The molecule has 0 saturated carbocycles. The molecule has 0 unspecified atom stereocenters. The Morgan fingerprint density at radius 1 is 1.16 bits per heavy atom. The average Bonchev–Trinajstić information content (AvgIpc) is 3.16. The van der Waals surface area contributed by atoms with E-state index in [1.807, 2.05) is 0 Å². The second-order valence-electron chi connectivity index (χ2n) is 8.32. The number of sulfonamides is 1. The highest BCUT2D eigenvalue weighted by molar-refractivity contribution is 7.89. The molecule has 1 aromatic carbocycles. The number of aromatic nitrogens is 3. The molecule has 0 fully saturated rings. The van der Waals surface area contributed by atoms with Crippen molar-refractivity contribution in [2.24, 2.45) is 5.73 Å². The number of fused-ring (bicyclic) bond motifs is 1. The van der Waals surface area contributed by atoms with Gasteiger partial charge in [-0.1, -0.05) is 13.0 Å². The topological polar surface area (TPSA) is 120 Å². The standard InChI is InChI=1S/C24H20F5N5O3S/c1-3-13-9-18-15(10-16(13)25)21(23(30)35)22(34(18)20-6-4-5-19(26)32-20)17-8-7-14(11-31-17)38(36,37)33-12(2)24(27,28)29/h4-12,33H,3H2,1-2H3,(H2,30,35)/t12-/m0/s1. The van der Waals surface area contributed by atoms with Crippen LogP contribution in [0, 0.1) is 11.8 Å². The SMILES string of the molecule is CCc1cc2c(cc1F)c(C(N)=O)c(-c1ccc(S(=O)(=O)N[C@@H](C)C(F)(F)F)cn1)n2-c1cccc(F)n1. The molecule has 0 bridgehead atoms. The minimum absolute atomic E-state index is 0.00896. The van der Waals surface area contributed by atoms with Crippen molar-refractivity contribution in [3.63, 3.8) is 0 Å². The third kappa shape index (κ3) is 4.96. The molecule has 4 rings (SSSR count). The van der Waals surface area contributed by atoms with Gasteiger partial charge in [0, 0.05) is 11.6 Å². The summed E-state index contributed by atoms with van der Waals surface area (Å²) in [5, 5.41) is 0.0763. The number of rotatable bonds is 7. The van der Waals surface area contributed by atoms with Crippen LogP contribution in [0.2, 0.25) is 0 Å². The quantitative estimate of drug-likeness (QED) is 0.262. The smallest absolute Gasteiger partial charge is 0.366 e. The van der Waals surface area contributed by atoms with E-state index < -0.39 is 44.8 Å². The maximum absolute atomic E-state index is 14.7. The number of hydrogen-bond donors (Lipinski definition) is 2. The van der Waals surface area contributed by atoms with Crippen LogP contribution in [-0.4, -0.2) is 41.1 Å². The largest absolute Gasteiger partial charge is 0.404 e. The number of benzene rings is 1. The van der Waals surface area contributed by atoms with Crippen LogP contribution in [0.4, 0.5) is 22.0 Å². The highest BCUT2D eigenvalue weighted by Crippen LogP contribution is 2.37. The summed E-state index contributed by atoms with van der Waals surface area (Å²) in [5.41, 5.74) is 5.89. The molecule has 0 aliphatic carbocycles. The second kappa shape index (κ2) is 9.76. The van der Waals surface area contributed by atoms with Crippen molar-refractivity contribution < 1.29 is 35.2 Å². The fourth-order valence-corrected chi connectivity index (χ4v) is 5.09. The number of alkyl halides is 3. The summed E-state index contributed by atoms with van der Waals surface area (Å²) in [5.74, 6) is -2.46. The molecule has 1 atom stereocenters. The van der Waals surface area contributed by atoms with Crippen molar-refractivity contribution in [3.8, 4) is 17.2 Å². The number of carbonyl (C=O) groups is 1. The van der Waals surface area contributed by atoms with E-state index in [0.717, 1.165) is 30.5 Å². The van der Waals surface area contributed by atoms with E-state index in [1.165, 1.54) is 27.5 Å². The number of nitrogens with two attached hydrogens (primary N) is 1. The molecular formula is C24H20F5N5O3S. The molecule has 200 valence electrons. The molecule has 3 aromatic heterocycles. The first-order chi connectivity index (χ1) is 17.7. The zero-order valence-corrected chi connectivity index (χ0v) is 20.7.